The van der Waals surface area contributed by atoms with Gasteiger partial charge in [-0.15, -0.1) is 0 Å². The summed E-state index contributed by atoms with van der Waals surface area (Å²) in [4.78, 5) is 9.56. The topological polar surface area (TPSA) is 89.3 Å². The molecule has 0 radical (unpaired) electrons. The minimum Gasteiger partial charge on any atom is -0.258 e. The highest BCUT2D eigenvalue weighted by atomic mass is 32.2. The van der Waals surface area contributed by atoms with Gasteiger partial charge in [-0.2, -0.15) is 4.39 Å². The summed E-state index contributed by atoms with van der Waals surface area (Å²) >= 11 is 0. The fourth-order valence-corrected chi connectivity index (χ4v) is 3.54. The van der Waals surface area contributed by atoms with Crippen molar-refractivity contribution in [2.45, 2.75) is 45.1 Å². The quantitative estimate of drug-likeness (QED) is 0.645. The Balaban J connectivity index is 3.29. The van der Waals surface area contributed by atoms with E-state index in [1.54, 1.807) is 0 Å². The molecule has 1 aromatic carbocycles. The van der Waals surface area contributed by atoms with Crippen LogP contribution in [0.15, 0.2) is 17.0 Å². The predicted octanol–water partition coefficient (Wildman–Crippen LogP) is 2.76. The first kappa shape index (κ1) is 17.5. The maximum Gasteiger partial charge on any atom is 0.306 e. The van der Waals surface area contributed by atoms with Crippen molar-refractivity contribution < 1.29 is 17.7 Å². The monoisotopic (exact) mass is 318 g/mol. The summed E-state index contributed by atoms with van der Waals surface area (Å²) in [5.74, 6) is -0.948. The summed E-state index contributed by atoms with van der Waals surface area (Å²) in [6.07, 6.45) is 0.583. The zero-order chi connectivity index (χ0) is 16.4. The van der Waals surface area contributed by atoms with E-state index in [0.29, 0.717) is 6.42 Å². The molecule has 0 bridgehead atoms. The third-order valence-corrected chi connectivity index (χ3v) is 4.74. The van der Waals surface area contributed by atoms with Gasteiger partial charge in [0.25, 0.3) is 0 Å². The van der Waals surface area contributed by atoms with Crippen LogP contribution < -0.4 is 4.72 Å². The molecule has 1 N–H and O–H groups in total. The standard InChI is InChI=1S/C13H19FN2O4S/c1-5-11(8(2)3)15-21(19,20)10-6-9(4)13(14)12(7-10)16(17)18/h6-8,11,15H,5H2,1-4H3. The molecule has 21 heavy (non-hydrogen) atoms. The fourth-order valence-electron chi connectivity index (χ4n) is 1.96. The van der Waals surface area contributed by atoms with Crippen molar-refractivity contribution in [1.29, 1.82) is 0 Å². The number of rotatable bonds is 6. The normalized spacial score (nSPS) is 13.4. The van der Waals surface area contributed by atoms with Crippen LogP contribution in [0, 0.1) is 28.8 Å². The van der Waals surface area contributed by atoms with E-state index >= 15 is 0 Å². The molecule has 0 aliphatic rings. The molecule has 0 heterocycles. The first-order valence-electron chi connectivity index (χ1n) is 6.57. The summed E-state index contributed by atoms with van der Waals surface area (Å²) < 4.78 is 40.7. The van der Waals surface area contributed by atoms with Crippen LogP contribution in [0.4, 0.5) is 10.1 Å². The van der Waals surface area contributed by atoms with Crippen molar-refractivity contribution in [3.63, 3.8) is 0 Å². The lowest BCUT2D eigenvalue weighted by molar-refractivity contribution is -0.387. The molecule has 1 rings (SSSR count). The molecule has 1 aromatic rings. The van der Waals surface area contributed by atoms with E-state index in [1.807, 2.05) is 20.8 Å². The SMILES string of the molecule is CCC(NS(=O)(=O)c1cc(C)c(F)c([N+](=O)[O-])c1)C(C)C. The predicted molar refractivity (Wildman–Crippen MR) is 77.0 cm³/mol. The molecule has 118 valence electrons. The first-order chi connectivity index (χ1) is 9.60. The van der Waals surface area contributed by atoms with E-state index in [9.17, 15) is 22.9 Å². The van der Waals surface area contributed by atoms with Gasteiger partial charge in [0, 0.05) is 12.1 Å². The molecule has 0 saturated heterocycles. The van der Waals surface area contributed by atoms with E-state index < -0.39 is 26.5 Å². The molecule has 8 heteroatoms. The molecule has 0 saturated carbocycles. The fraction of sp³-hybridized carbons (Fsp3) is 0.538. The number of nitrogens with zero attached hydrogens (tertiary/aromatic N) is 1. The van der Waals surface area contributed by atoms with Gasteiger partial charge >= 0.3 is 5.69 Å². The number of sulfonamides is 1. The zero-order valence-corrected chi connectivity index (χ0v) is 13.2. The molecule has 0 amide bonds. The summed E-state index contributed by atoms with van der Waals surface area (Å²) in [6, 6.07) is 1.55. The van der Waals surface area contributed by atoms with Gasteiger partial charge in [0.05, 0.1) is 9.82 Å². The number of hydrogen-bond donors (Lipinski definition) is 1. The van der Waals surface area contributed by atoms with Gasteiger partial charge in [0.2, 0.25) is 15.8 Å². The Morgan fingerprint density at radius 2 is 1.95 bits per heavy atom. The number of hydrogen-bond acceptors (Lipinski definition) is 4. The van der Waals surface area contributed by atoms with Gasteiger partial charge in [-0.3, -0.25) is 10.1 Å². The van der Waals surface area contributed by atoms with E-state index in [1.165, 1.54) is 6.92 Å². The second-order valence-corrected chi connectivity index (χ2v) is 6.92. The highest BCUT2D eigenvalue weighted by molar-refractivity contribution is 7.89. The van der Waals surface area contributed by atoms with Gasteiger partial charge in [0.15, 0.2) is 0 Å². The molecular weight excluding hydrogens is 299 g/mol. The van der Waals surface area contributed by atoms with Crippen LogP contribution in [0.5, 0.6) is 0 Å². The van der Waals surface area contributed by atoms with Crippen molar-refractivity contribution in [2.24, 2.45) is 5.92 Å². The van der Waals surface area contributed by atoms with Gasteiger partial charge in [-0.1, -0.05) is 20.8 Å². The Labute approximate surface area is 123 Å². The molecule has 6 nitrogen and oxygen atoms in total. The van der Waals surface area contributed by atoms with Crippen molar-refractivity contribution in [3.05, 3.63) is 33.6 Å². The zero-order valence-electron chi connectivity index (χ0n) is 12.4. The summed E-state index contributed by atoms with van der Waals surface area (Å²) in [7, 11) is -3.93. The first-order valence-corrected chi connectivity index (χ1v) is 8.05. The summed E-state index contributed by atoms with van der Waals surface area (Å²) in [6.45, 7) is 6.87. The van der Waals surface area contributed by atoms with Crippen LogP contribution in [-0.2, 0) is 10.0 Å². The molecule has 0 aliphatic carbocycles. The average molecular weight is 318 g/mol. The third kappa shape index (κ3) is 3.98. The maximum atomic E-state index is 13.6. The number of nitro groups is 1. The average Bonchev–Trinajstić information content (AvgIpc) is 2.38. The Hall–Kier alpha value is -1.54. The minimum atomic E-state index is -3.93. The lowest BCUT2D eigenvalue weighted by atomic mass is 10.0. The highest BCUT2D eigenvalue weighted by Gasteiger charge is 2.26. The van der Waals surface area contributed by atoms with Crippen LogP contribution in [0.3, 0.4) is 0 Å². The Morgan fingerprint density at radius 3 is 2.38 bits per heavy atom. The van der Waals surface area contributed by atoms with Gasteiger partial charge in [-0.25, -0.2) is 13.1 Å². The molecule has 0 aromatic heterocycles. The number of nitrogens with one attached hydrogen (secondary N) is 1. The third-order valence-electron chi connectivity index (χ3n) is 3.27. The van der Waals surface area contributed by atoms with Crippen molar-refractivity contribution in [2.75, 3.05) is 0 Å². The van der Waals surface area contributed by atoms with Crippen LogP contribution >= 0.6 is 0 Å². The second-order valence-electron chi connectivity index (χ2n) is 5.21. The molecule has 0 fully saturated rings. The van der Waals surface area contributed by atoms with Gasteiger partial charge < -0.3 is 0 Å². The molecule has 1 atom stereocenters. The van der Waals surface area contributed by atoms with Crippen LogP contribution in [0.1, 0.15) is 32.8 Å². The van der Waals surface area contributed by atoms with E-state index in [0.717, 1.165) is 12.1 Å². The highest BCUT2D eigenvalue weighted by Crippen LogP contribution is 2.25. The van der Waals surface area contributed by atoms with Crippen LogP contribution in [0.25, 0.3) is 0 Å². The van der Waals surface area contributed by atoms with E-state index in [4.69, 9.17) is 0 Å². The van der Waals surface area contributed by atoms with Crippen molar-refractivity contribution in [1.82, 2.24) is 4.72 Å². The maximum absolute atomic E-state index is 13.6. The van der Waals surface area contributed by atoms with Gasteiger partial charge in [0.1, 0.15) is 0 Å². The second kappa shape index (κ2) is 6.48. The Morgan fingerprint density at radius 1 is 1.38 bits per heavy atom. The molecule has 1 unspecified atom stereocenters. The number of nitro benzene ring substituents is 1. The Kier molecular flexibility index (Phi) is 5.41. The largest absolute Gasteiger partial charge is 0.306 e. The number of benzene rings is 1. The van der Waals surface area contributed by atoms with Crippen molar-refractivity contribution >= 4 is 15.7 Å². The molecule has 0 spiro atoms. The molecule has 0 aliphatic heterocycles. The van der Waals surface area contributed by atoms with Gasteiger partial charge in [-0.05, 0) is 30.9 Å². The van der Waals surface area contributed by atoms with Crippen LogP contribution in [-0.4, -0.2) is 19.4 Å². The number of aryl methyl sites for hydroxylation is 1. The minimum absolute atomic E-state index is 0.0707. The summed E-state index contributed by atoms with van der Waals surface area (Å²) in [5, 5.41) is 10.8. The lowest BCUT2D eigenvalue weighted by Crippen LogP contribution is -2.38. The number of halogens is 1. The van der Waals surface area contributed by atoms with Crippen LogP contribution in [0.2, 0.25) is 0 Å². The van der Waals surface area contributed by atoms with E-state index in [-0.39, 0.29) is 22.4 Å². The smallest absolute Gasteiger partial charge is 0.258 e. The van der Waals surface area contributed by atoms with E-state index in [2.05, 4.69) is 4.72 Å². The lowest BCUT2D eigenvalue weighted by Gasteiger charge is -2.20. The molecular formula is C13H19FN2O4S. The van der Waals surface area contributed by atoms with Crippen molar-refractivity contribution in [3.8, 4) is 0 Å². The summed E-state index contributed by atoms with van der Waals surface area (Å²) in [5.41, 5.74) is -0.921. The Bertz CT molecular complexity index is 644.